The van der Waals surface area contributed by atoms with Crippen molar-refractivity contribution in [2.45, 2.75) is 19.3 Å². The third-order valence-electron chi connectivity index (χ3n) is 3.33. The largest absolute Gasteiger partial charge is 0.356 e. The van der Waals surface area contributed by atoms with Crippen LogP contribution >= 0.6 is 34.5 Å². The Labute approximate surface area is 155 Å². The standard InChI is InChI=1S/C17H18Cl2N2O2S/c18-13-6-5-12(11-14(13)19)3-1-8-20-16(22)7-9-21-17(23)15-4-2-10-24-15/h2,4-6,10-11H,1,3,7-9H2,(H,20,22)(H,21,23). The zero-order chi connectivity index (χ0) is 17.4. The maximum absolute atomic E-state index is 11.7. The van der Waals surface area contributed by atoms with E-state index in [2.05, 4.69) is 10.6 Å². The zero-order valence-corrected chi connectivity index (χ0v) is 15.3. The van der Waals surface area contributed by atoms with Crippen LogP contribution in [0.15, 0.2) is 35.7 Å². The van der Waals surface area contributed by atoms with Crippen molar-refractivity contribution in [2.75, 3.05) is 13.1 Å². The molecule has 128 valence electrons. The molecule has 0 aliphatic carbocycles. The van der Waals surface area contributed by atoms with Crippen molar-refractivity contribution in [3.05, 3.63) is 56.2 Å². The summed E-state index contributed by atoms with van der Waals surface area (Å²) in [5, 5.41) is 8.49. The van der Waals surface area contributed by atoms with Crippen molar-refractivity contribution < 1.29 is 9.59 Å². The maximum atomic E-state index is 11.7. The second-order valence-electron chi connectivity index (χ2n) is 5.19. The number of nitrogens with one attached hydrogen (secondary N) is 2. The Kier molecular flexibility index (Phi) is 7.56. The summed E-state index contributed by atoms with van der Waals surface area (Å²) in [6.45, 7) is 0.910. The molecule has 0 aliphatic heterocycles. The number of hydrogen-bond acceptors (Lipinski definition) is 3. The normalized spacial score (nSPS) is 10.4. The molecule has 0 unspecified atom stereocenters. The van der Waals surface area contributed by atoms with Gasteiger partial charge in [-0.1, -0.05) is 35.3 Å². The van der Waals surface area contributed by atoms with Gasteiger partial charge in [-0.05, 0) is 42.0 Å². The fourth-order valence-corrected chi connectivity index (χ4v) is 3.05. The van der Waals surface area contributed by atoms with Crippen LogP contribution in [-0.4, -0.2) is 24.9 Å². The molecule has 0 saturated heterocycles. The van der Waals surface area contributed by atoms with Gasteiger partial charge in [0.05, 0.1) is 14.9 Å². The molecule has 0 spiro atoms. The van der Waals surface area contributed by atoms with Crippen LogP contribution in [0.5, 0.6) is 0 Å². The smallest absolute Gasteiger partial charge is 0.261 e. The van der Waals surface area contributed by atoms with Crippen LogP contribution in [0, 0.1) is 0 Å². The predicted octanol–water partition coefficient (Wildman–Crippen LogP) is 3.92. The van der Waals surface area contributed by atoms with E-state index in [9.17, 15) is 9.59 Å². The Bertz CT molecular complexity index is 690. The molecule has 2 amide bonds. The minimum Gasteiger partial charge on any atom is -0.356 e. The summed E-state index contributed by atoms with van der Waals surface area (Å²) in [5.74, 6) is -0.215. The lowest BCUT2D eigenvalue weighted by Crippen LogP contribution is -2.31. The summed E-state index contributed by atoms with van der Waals surface area (Å²) in [6.07, 6.45) is 1.89. The molecule has 0 atom stereocenters. The zero-order valence-electron chi connectivity index (χ0n) is 13.0. The van der Waals surface area contributed by atoms with Gasteiger partial charge in [0.1, 0.15) is 0 Å². The summed E-state index contributed by atoms with van der Waals surface area (Å²) in [6, 6.07) is 9.11. The molecule has 7 heteroatoms. The fraction of sp³-hybridized carbons (Fsp3) is 0.294. The molecule has 0 bridgehead atoms. The predicted molar refractivity (Wildman–Crippen MR) is 99.1 cm³/mol. The first-order valence-corrected chi connectivity index (χ1v) is 9.22. The molecule has 1 aromatic carbocycles. The number of benzene rings is 1. The van der Waals surface area contributed by atoms with Crippen molar-refractivity contribution in [2.24, 2.45) is 0 Å². The Morgan fingerprint density at radius 3 is 2.58 bits per heavy atom. The number of carbonyl (C=O) groups is 2. The molecule has 4 nitrogen and oxygen atoms in total. The monoisotopic (exact) mass is 384 g/mol. The van der Waals surface area contributed by atoms with Gasteiger partial charge in [-0.25, -0.2) is 0 Å². The average molecular weight is 385 g/mol. The van der Waals surface area contributed by atoms with Crippen molar-refractivity contribution in [3.8, 4) is 0 Å². The van der Waals surface area contributed by atoms with E-state index >= 15 is 0 Å². The third-order valence-corrected chi connectivity index (χ3v) is 4.94. The molecule has 1 aromatic heterocycles. The van der Waals surface area contributed by atoms with E-state index in [1.54, 1.807) is 12.1 Å². The molecule has 24 heavy (non-hydrogen) atoms. The Morgan fingerprint density at radius 2 is 1.88 bits per heavy atom. The summed E-state index contributed by atoms with van der Waals surface area (Å²) in [5.41, 5.74) is 1.09. The highest BCUT2D eigenvalue weighted by Crippen LogP contribution is 2.23. The van der Waals surface area contributed by atoms with Crippen molar-refractivity contribution in [1.82, 2.24) is 10.6 Å². The second-order valence-corrected chi connectivity index (χ2v) is 6.95. The number of aryl methyl sites for hydroxylation is 1. The number of thiophene rings is 1. The maximum Gasteiger partial charge on any atom is 0.261 e. The summed E-state index contributed by atoms with van der Waals surface area (Å²) < 4.78 is 0. The fourth-order valence-electron chi connectivity index (χ4n) is 2.09. The van der Waals surface area contributed by atoms with Crippen molar-refractivity contribution in [3.63, 3.8) is 0 Å². The highest BCUT2D eigenvalue weighted by molar-refractivity contribution is 7.12. The van der Waals surface area contributed by atoms with E-state index in [1.807, 2.05) is 23.6 Å². The molecular formula is C17H18Cl2N2O2S. The van der Waals surface area contributed by atoms with E-state index < -0.39 is 0 Å². The van der Waals surface area contributed by atoms with Crippen LogP contribution in [0.25, 0.3) is 0 Å². The Balaban J connectivity index is 1.58. The summed E-state index contributed by atoms with van der Waals surface area (Å²) in [7, 11) is 0. The molecule has 0 saturated carbocycles. The van der Waals surface area contributed by atoms with E-state index in [-0.39, 0.29) is 18.2 Å². The molecule has 0 fully saturated rings. The van der Waals surface area contributed by atoms with Gasteiger partial charge >= 0.3 is 0 Å². The lowest BCUT2D eigenvalue weighted by Gasteiger charge is -2.07. The second kappa shape index (κ2) is 9.67. The Hall–Kier alpha value is -1.56. The quantitative estimate of drug-likeness (QED) is 0.677. The minimum absolute atomic E-state index is 0.0735. The number of halogens is 2. The number of amides is 2. The first-order chi connectivity index (χ1) is 11.6. The van der Waals surface area contributed by atoms with Gasteiger partial charge in [-0.2, -0.15) is 0 Å². The average Bonchev–Trinajstić information content (AvgIpc) is 3.09. The van der Waals surface area contributed by atoms with Gasteiger partial charge < -0.3 is 10.6 Å². The van der Waals surface area contributed by atoms with Gasteiger partial charge in [0.25, 0.3) is 5.91 Å². The SMILES string of the molecule is O=C(CCNC(=O)c1cccs1)NCCCc1ccc(Cl)c(Cl)c1. The van der Waals surface area contributed by atoms with Crippen molar-refractivity contribution >= 4 is 46.4 Å². The molecule has 0 radical (unpaired) electrons. The third kappa shape index (κ3) is 6.15. The molecular weight excluding hydrogens is 367 g/mol. The number of rotatable bonds is 8. The van der Waals surface area contributed by atoms with Crippen LogP contribution in [0.3, 0.4) is 0 Å². The van der Waals surface area contributed by atoms with Crippen LogP contribution in [0.2, 0.25) is 10.0 Å². The first kappa shape index (κ1) is 18.8. The number of carbonyl (C=O) groups excluding carboxylic acids is 2. The summed E-state index contributed by atoms with van der Waals surface area (Å²) in [4.78, 5) is 24.1. The molecule has 2 rings (SSSR count). The lowest BCUT2D eigenvalue weighted by molar-refractivity contribution is -0.120. The summed E-state index contributed by atoms with van der Waals surface area (Å²) >= 11 is 13.2. The van der Waals surface area contributed by atoms with Gasteiger partial charge in [0, 0.05) is 19.5 Å². The van der Waals surface area contributed by atoms with Crippen molar-refractivity contribution in [1.29, 1.82) is 0 Å². The van der Waals surface area contributed by atoms with Gasteiger partial charge in [0.2, 0.25) is 5.91 Å². The van der Waals surface area contributed by atoms with E-state index in [4.69, 9.17) is 23.2 Å². The van der Waals surface area contributed by atoms with Crippen LogP contribution in [0.1, 0.15) is 28.1 Å². The lowest BCUT2D eigenvalue weighted by atomic mass is 10.1. The van der Waals surface area contributed by atoms with Crippen LogP contribution in [0.4, 0.5) is 0 Å². The van der Waals surface area contributed by atoms with E-state index in [0.717, 1.165) is 18.4 Å². The molecule has 2 N–H and O–H groups in total. The topological polar surface area (TPSA) is 58.2 Å². The van der Waals surface area contributed by atoms with Crippen LogP contribution in [-0.2, 0) is 11.2 Å². The van der Waals surface area contributed by atoms with Gasteiger partial charge in [-0.15, -0.1) is 11.3 Å². The highest BCUT2D eigenvalue weighted by Gasteiger charge is 2.07. The van der Waals surface area contributed by atoms with Crippen LogP contribution < -0.4 is 10.6 Å². The van der Waals surface area contributed by atoms with E-state index in [0.29, 0.717) is 28.0 Å². The van der Waals surface area contributed by atoms with E-state index in [1.165, 1.54) is 11.3 Å². The van der Waals surface area contributed by atoms with Gasteiger partial charge in [0.15, 0.2) is 0 Å². The number of hydrogen-bond donors (Lipinski definition) is 2. The van der Waals surface area contributed by atoms with Gasteiger partial charge in [-0.3, -0.25) is 9.59 Å². The highest BCUT2D eigenvalue weighted by atomic mass is 35.5. The molecule has 2 aromatic rings. The minimum atomic E-state index is -0.141. The molecule has 0 aliphatic rings. The Morgan fingerprint density at radius 1 is 1.04 bits per heavy atom. The molecule has 1 heterocycles. The first-order valence-electron chi connectivity index (χ1n) is 7.58.